The zero-order valence-corrected chi connectivity index (χ0v) is 10.2. The third-order valence-electron chi connectivity index (χ3n) is 2.96. The molecular weight excluding hydrogens is 256 g/mol. The lowest BCUT2D eigenvalue weighted by atomic mass is 9.88. The van der Waals surface area contributed by atoms with E-state index >= 15 is 0 Å². The molecule has 0 spiro atoms. The van der Waals surface area contributed by atoms with E-state index in [1.54, 1.807) is 0 Å². The molecule has 2 atom stereocenters. The number of aliphatic hydroxyl groups is 2. The SMILES string of the molecule is CC(O)C(O)(Cn1cncn1)c1ccc(F)cc1F. The molecule has 2 rings (SSSR count). The third-order valence-corrected chi connectivity index (χ3v) is 2.96. The molecule has 1 heterocycles. The first-order chi connectivity index (χ1) is 8.93. The Morgan fingerprint density at radius 3 is 2.68 bits per heavy atom. The standard InChI is InChI=1S/C12H13F2N3O2/c1-8(18)12(19,5-17-7-15-6-16-17)10-3-2-9(13)4-11(10)14/h2-4,6-8,18-19H,5H2,1H3. The molecule has 0 fully saturated rings. The van der Waals surface area contributed by atoms with Gasteiger partial charge in [-0.15, -0.1) is 0 Å². The molecule has 2 N–H and O–H groups in total. The predicted octanol–water partition coefficient (Wildman–Crippen LogP) is 0.825. The summed E-state index contributed by atoms with van der Waals surface area (Å²) in [5, 5.41) is 24.0. The van der Waals surface area contributed by atoms with E-state index in [0.29, 0.717) is 6.07 Å². The Kier molecular flexibility index (Phi) is 3.59. The summed E-state index contributed by atoms with van der Waals surface area (Å²) >= 11 is 0. The van der Waals surface area contributed by atoms with Gasteiger partial charge in [-0.25, -0.2) is 18.4 Å². The molecule has 7 heteroatoms. The van der Waals surface area contributed by atoms with Gasteiger partial charge in [0.25, 0.3) is 0 Å². The molecule has 19 heavy (non-hydrogen) atoms. The van der Waals surface area contributed by atoms with Crippen molar-refractivity contribution in [1.82, 2.24) is 14.8 Å². The van der Waals surface area contributed by atoms with Gasteiger partial charge in [-0.3, -0.25) is 0 Å². The molecule has 0 aliphatic heterocycles. The molecule has 2 unspecified atom stereocenters. The van der Waals surface area contributed by atoms with Crippen LogP contribution >= 0.6 is 0 Å². The Labute approximate surface area is 108 Å². The van der Waals surface area contributed by atoms with E-state index in [2.05, 4.69) is 10.1 Å². The fourth-order valence-corrected chi connectivity index (χ4v) is 1.84. The molecule has 1 aromatic carbocycles. The monoisotopic (exact) mass is 269 g/mol. The van der Waals surface area contributed by atoms with Gasteiger partial charge in [0.2, 0.25) is 0 Å². The molecule has 0 saturated carbocycles. The van der Waals surface area contributed by atoms with Crippen LogP contribution in [0.25, 0.3) is 0 Å². The Hall–Kier alpha value is -1.86. The molecule has 5 nitrogen and oxygen atoms in total. The van der Waals surface area contributed by atoms with Crippen molar-refractivity contribution in [2.75, 3.05) is 0 Å². The minimum atomic E-state index is -1.93. The second kappa shape index (κ2) is 5.02. The minimum absolute atomic E-state index is 0.195. The minimum Gasteiger partial charge on any atom is -0.390 e. The molecule has 0 aliphatic carbocycles. The van der Waals surface area contributed by atoms with Crippen molar-refractivity contribution in [3.63, 3.8) is 0 Å². The number of hydrogen-bond donors (Lipinski definition) is 2. The summed E-state index contributed by atoms with van der Waals surface area (Å²) in [6.07, 6.45) is 1.30. The number of rotatable bonds is 4. The molecule has 0 radical (unpaired) electrons. The quantitative estimate of drug-likeness (QED) is 0.862. The van der Waals surface area contributed by atoms with E-state index in [-0.39, 0.29) is 12.1 Å². The lowest BCUT2D eigenvalue weighted by Gasteiger charge is -2.31. The van der Waals surface area contributed by atoms with Crippen LogP contribution in [-0.2, 0) is 12.1 Å². The second-order valence-electron chi connectivity index (χ2n) is 4.32. The Balaban J connectivity index is 2.43. The summed E-state index contributed by atoms with van der Waals surface area (Å²) in [6, 6.07) is 2.78. The second-order valence-corrected chi connectivity index (χ2v) is 4.32. The van der Waals surface area contributed by atoms with Crippen molar-refractivity contribution in [3.8, 4) is 0 Å². The Bertz CT molecular complexity index is 560. The highest BCUT2D eigenvalue weighted by Gasteiger charge is 2.38. The van der Waals surface area contributed by atoms with Crippen molar-refractivity contribution in [1.29, 1.82) is 0 Å². The summed E-state index contributed by atoms with van der Waals surface area (Å²) in [5.74, 6) is -1.68. The van der Waals surface area contributed by atoms with Crippen LogP contribution in [0.4, 0.5) is 8.78 Å². The number of aliphatic hydroxyl groups excluding tert-OH is 1. The number of aromatic nitrogens is 3. The van der Waals surface area contributed by atoms with Gasteiger partial charge in [-0.1, -0.05) is 6.07 Å². The van der Waals surface area contributed by atoms with Crippen molar-refractivity contribution < 1.29 is 19.0 Å². The van der Waals surface area contributed by atoms with Gasteiger partial charge in [0, 0.05) is 11.6 Å². The zero-order chi connectivity index (χ0) is 14.0. The highest BCUT2D eigenvalue weighted by Crippen LogP contribution is 2.29. The van der Waals surface area contributed by atoms with Gasteiger partial charge in [-0.2, -0.15) is 5.10 Å². The molecule has 0 saturated heterocycles. The van der Waals surface area contributed by atoms with E-state index in [1.165, 1.54) is 24.3 Å². The van der Waals surface area contributed by atoms with E-state index in [4.69, 9.17) is 0 Å². The number of benzene rings is 1. The predicted molar refractivity (Wildman–Crippen MR) is 62.0 cm³/mol. The first-order valence-electron chi connectivity index (χ1n) is 5.62. The molecule has 0 amide bonds. The first kappa shape index (κ1) is 13.6. The van der Waals surface area contributed by atoms with Gasteiger partial charge in [0.1, 0.15) is 29.9 Å². The van der Waals surface area contributed by atoms with Crippen molar-refractivity contribution >= 4 is 0 Å². The summed E-state index contributed by atoms with van der Waals surface area (Å²) in [7, 11) is 0. The fourth-order valence-electron chi connectivity index (χ4n) is 1.84. The maximum Gasteiger partial charge on any atom is 0.137 e. The largest absolute Gasteiger partial charge is 0.390 e. The smallest absolute Gasteiger partial charge is 0.137 e. The van der Waals surface area contributed by atoms with Gasteiger partial charge in [0.05, 0.1) is 12.6 Å². The highest BCUT2D eigenvalue weighted by atomic mass is 19.1. The summed E-state index contributed by atoms with van der Waals surface area (Å²) in [4.78, 5) is 3.70. The van der Waals surface area contributed by atoms with E-state index < -0.39 is 23.3 Å². The van der Waals surface area contributed by atoms with Crippen LogP contribution < -0.4 is 0 Å². The van der Waals surface area contributed by atoms with Crippen LogP contribution in [0.5, 0.6) is 0 Å². The molecule has 0 bridgehead atoms. The van der Waals surface area contributed by atoms with Crippen LogP contribution in [0.1, 0.15) is 12.5 Å². The summed E-state index contributed by atoms with van der Waals surface area (Å²) in [5.41, 5.74) is -2.12. The molecule has 102 valence electrons. The van der Waals surface area contributed by atoms with Crippen LogP contribution in [0.3, 0.4) is 0 Å². The fraction of sp³-hybridized carbons (Fsp3) is 0.333. The number of hydrogen-bond acceptors (Lipinski definition) is 4. The van der Waals surface area contributed by atoms with Crippen molar-refractivity contribution in [2.24, 2.45) is 0 Å². The summed E-state index contributed by atoms with van der Waals surface area (Å²) in [6.45, 7) is 1.12. The normalized spacial score (nSPS) is 16.1. The van der Waals surface area contributed by atoms with Gasteiger partial charge in [0.15, 0.2) is 0 Å². The Morgan fingerprint density at radius 2 is 2.16 bits per heavy atom. The molecule has 2 aromatic rings. The van der Waals surface area contributed by atoms with Gasteiger partial charge < -0.3 is 10.2 Å². The van der Waals surface area contributed by atoms with Crippen LogP contribution in [-0.4, -0.2) is 31.1 Å². The molecular formula is C12H13F2N3O2. The number of nitrogens with zero attached hydrogens (tertiary/aromatic N) is 3. The maximum atomic E-state index is 13.8. The maximum absolute atomic E-state index is 13.8. The molecule has 1 aromatic heterocycles. The van der Waals surface area contributed by atoms with Crippen molar-refractivity contribution in [2.45, 2.75) is 25.2 Å². The van der Waals surface area contributed by atoms with E-state index in [0.717, 1.165) is 12.1 Å². The zero-order valence-electron chi connectivity index (χ0n) is 10.2. The van der Waals surface area contributed by atoms with E-state index in [1.807, 2.05) is 0 Å². The topological polar surface area (TPSA) is 71.2 Å². The van der Waals surface area contributed by atoms with Gasteiger partial charge >= 0.3 is 0 Å². The van der Waals surface area contributed by atoms with Crippen LogP contribution in [0.15, 0.2) is 30.9 Å². The highest BCUT2D eigenvalue weighted by molar-refractivity contribution is 5.26. The van der Waals surface area contributed by atoms with Crippen LogP contribution in [0, 0.1) is 11.6 Å². The summed E-state index contributed by atoms with van der Waals surface area (Å²) < 4.78 is 27.9. The van der Waals surface area contributed by atoms with Gasteiger partial charge in [-0.05, 0) is 13.0 Å². The van der Waals surface area contributed by atoms with E-state index in [9.17, 15) is 19.0 Å². The average Bonchev–Trinajstić information content (AvgIpc) is 2.81. The lowest BCUT2D eigenvalue weighted by Crippen LogP contribution is -2.42. The molecule has 0 aliphatic rings. The van der Waals surface area contributed by atoms with Crippen molar-refractivity contribution in [3.05, 3.63) is 48.1 Å². The number of halogens is 2. The lowest BCUT2D eigenvalue weighted by molar-refractivity contribution is -0.0874. The third kappa shape index (κ3) is 2.61. The Morgan fingerprint density at radius 1 is 1.42 bits per heavy atom. The first-order valence-corrected chi connectivity index (χ1v) is 5.62. The van der Waals surface area contributed by atoms with Crippen LogP contribution in [0.2, 0.25) is 0 Å². The average molecular weight is 269 g/mol.